The van der Waals surface area contributed by atoms with Crippen LogP contribution in [0.5, 0.6) is 0 Å². The predicted molar refractivity (Wildman–Crippen MR) is 70.6 cm³/mol. The van der Waals surface area contributed by atoms with Crippen molar-refractivity contribution < 1.29 is 18.0 Å². The number of carbonyl (C=O) groups excluding carboxylic acids is 1. The van der Waals surface area contributed by atoms with Crippen LogP contribution < -0.4 is 10.6 Å². The van der Waals surface area contributed by atoms with Crippen LogP contribution in [0, 0.1) is 5.92 Å². The predicted octanol–water partition coefficient (Wildman–Crippen LogP) is 3.28. The maximum Gasteiger partial charge on any atom is 0.418 e. The minimum absolute atomic E-state index is 0.0358. The second kappa shape index (κ2) is 5.34. The van der Waals surface area contributed by atoms with Crippen molar-refractivity contribution in [3.8, 4) is 0 Å². The molecule has 6 heteroatoms. The van der Waals surface area contributed by atoms with E-state index < -0.39 is 17.6 Å². The number of rotatable bonds is 3. The number of amides is 1. The summed E-state index contributed by atoms with van der Waals surface area (Å²) in [6, 6.07) is 3.65. The second-order valence-electron chi connectivity index (χ2n) is 5.26. The van der Waals surface area contributed by atoms with Crippen LogP contribution in [0.3, 0.4) is 0 Å². The molecule has 0 aliphatic heterocycles. The van der Waals surface area contributed by atoms with Crippen LogP contribution in [0.4, 0.5) is 18.9 Å². The van der Waals surface area contributed by atoms with Gasteiger partial charge in [-0.3, -0.25) is 4.79 Å². The molecule has 1 amide bonds. The van der Waals surface area contributed by atoms with Gasteiger partial charge in [-0.25, -0.2) is 0 Å². The zero-order chi connectivity index (χ0) is 14.9. The van der Waals surface area contributed by atoms with Gasteiger partial charge in [-0.05, 0) is 37.0 Å². The van der Waals surface area contributed by atoms with E-state index in [2.05, 4.69) is 17.6 Å². The zero-order valence-corrected chi connectivity index (χ0v) is 11.3. The summed E-state index contributed by atoms with van der Waals surface area (Å²) in [7, 11) is 1.42. The van der Waals surface area contributed by atoms with E-state index in [0.29, 0.717) is 5.92 Å². The summed E-state index contributed by atoms with van der Waals surface area (Å²) in [5, 5.41) is 5.24. The third-order valence-electron chi connectivity index (χ3n) is 3.57. The molecule has 0 unspecified atom stereocenters. The molecule has 1 saturated carbocycles. The molecular formula is C14H17F3N2O. The van der Waals surface area contributed by atoms with Crippen LogP contribution in [0.2, 0.25) is 0 Å². The summed E-state index contributed by atoms with van der Waals surface area (Å²) >= 11 is 0. The first-order valence-electron chi connectivity index (χ1n) is 6.51. The van der Waals surface area contributed by atoms with E-state index in [1.807, 2.05) is 0 Å². The molecule has 1 aromatic carbocycles. The average Bonchev–Trinajstić information content (AvgIpc) is 2.35. The van der Waals surface area contributed by atoms with Gasteiger partial charge < -0.3 is 10.6 Å². The molecule has 1 aliphatic carbocycles. The number of hydrogen-bond donors (Lipinski definition) is 2. The lowest BCUT2D eigenvalue weighted by atomic mass is 9.82. The van der Waals surface area contributed by atoms with Crippen molar-refractivity contribution in [1.29, 1.82) is 0 Å². The van der Waals surface area contributed by atoms with Crippen molar-refractivity contribution in [2.45, 2.75) is 32.0 Å². The lowest BCUT2D eigenvalue weighted by Gasteiger charge is -2.33. The van der Waals surface area contributed by atoms with Crippen LogP contribution in [0.15, 0.2) is 18.2 Å². The number of halogens is 3. The van der Waals surface area contributed by atoms with Crippen molar-refractivity contribution in [2.24, 2.45) is 5.92 Å². The molecule has 2 N–H and O–H groups in total. The Labute approximate surface area is 115 Å². The normalized spacial score (nSPS) is 22.1. The van der Waals surface area contributed by atoms with Crippen LogP contribution in [0.25, 0.3) is 0 Å². The SMILES string of the molecule is CNc1ccc(C(=O)NC2CC(C)C2)cc1C(F)(F)F. The maximum absolute atomic E-state index is 12.9. The Bertz CT molecular complexity index is 508. The van der Waals surface area contributed by atoms with E-state index >= 15 is 0 Å². The Kier molecular flexibility index (Phi) is 3.92. The van der Waals surface area contributed by atoms with Gasteiger partial charge >= 0.3 is 6.18 Å². The van der Waals surface area contributed by atoms with Crippen LogP contribution >= 0.6 is 0 Å². The molecule has 1 aliphatic rings. The molecule has 1 fully saturated rings. The number of carbonyl (C=O) groups is 1. The number of anilines is 1. The van der Waals surface area contributed by atoms with E-state index in [-0.39, 0.29) is 17.3 Å². The Morgan fingerprint density at radius 3 is 2.45 bits per heavy atom. The largest absolute Gasteiger partial charge is 0.418 e. The summed E-state index contributed by atoms with van der Waals surface area (Å²) in [4.78, 5) is 11.9. The van der Waals surface area contributed by atoms with E-state index in [4.69, 9.17) is 0 Å². The molecular weight excluding hydrogens is 269 g/mol. The first-order chi connectivity index (χ1) is 9.31. The van der Waals surface area contributed by atoms with E-state index in [0.717, 1.165) is 18.9 Å². The first-order valence-corrected chi connectivity index (χ1v) is 6.51. The number of nitrogens with one attached hydrogen (secondary N) is 2. The minimum atomic E-state index is -4.49. The van der Waals surface area contributed by atoms with Gasteiger partial charge in [0.05, 0.1) is 5.56 Å². The van der Waals surface area contributed by atoms with Gasteiger partial charge in [0.1, 0.15) is 0 Å². The third-order valence-corrected chi connectivity index (χ3v) is 3.57. The molecule has 0 spiro atoms. The highest BCUT2D eigenvalue weighted by Gasteiger charge is 2.34. The molecule has 0 radical (unpaired) electrons. The van der Waals surface area contributed by atoms with Crippen molar-refractivity contribution in [3.63, 3.8) is 0 Å². The third kappa shape index (κ3) is 3.05. The summed E-state index contributed by atoms with van der Waals surface area (Å²) in [5.41, 5.74) is -0.822. The van der Waals surface area contributed by atoms with Crippen molar-refractivity contribution in [1.82, 2.24) is 5.32 Å². The van der Waals surface area contributed by atoms with Gasteiger partial charge in [-0.15, -0.1) is 0 Å². The molecule has 1 aromatic rings. The lowest BCUT2D eigenvalue weighted by molar-refractivity contribution is -0.136. The van der Waals surface area contributed by atoms with Crippen molar-refractivity contribution in [2.75, 3.05) is 12.4 Å². The summed E-state index contributed by atoms with van der Waals surface area (Å²) in [5.74, 6) is 0.118. The highest BCUT2D eigenvalue weighted by molar-refractivity contribution is 5.95. The van der Waals surface area contributed by atoms with Gasteiger partial charge in [0, 0.05) is 24.3 Å². The summed E-state index contributed by atoms with van der Waals surface area (Å²) in [6.45, 7) is 2.08. The number of benzene rings is 1. The monoisotopic (exact) mass is 286 g/mol. The van der Waals surface area contributed by atoms with Crippen molar-refractivity contribution >= 4 is 11.6 Å². The fourth-order valence-corrected chi connectivity index (χ4v) is 2.43. The molecule has 110 valence electrons. The van der Waals surface area contributed by atoms with Crippen LogP contribution in [-0.2, 0) is 6.18 Å². The standard InChI is InChI=1S/C14H17F3N2O/c1-8-5-10(6-8)19-13(20)9-3-4-12(18-2)11(7-9)14(15,16)17/h3-4,7-8,10,18H,5-6H2,1-2H3,(H,19,20). The zero-order valence-electron chi connectivity index (χ0n) is 11.3. The average molecular weight is 286 g/mol. The molecule has 0 aromatic heterocycles. The Morgan fingerprint density at radius 2 is 1.95 bits per heavy atom. The molecule has 0 atom stereocenters. The van der Waals surface area contributed by atoms with Crippen LogP contribution in [0.1, 0.15) is 35.7 Å². The molecule has 0 saturated heterocycles. The lowest BCUT2D eigenvalue weighted by Crippen LogP contribution is -2.43. The van der Waals surface area contributed by atoms with E-state index in [1.165, 1.54) is 19.2 Å². The smallest absolute Gasteiger partial charge is 0.388 e. The second-order valence-corrected chi connectivity index (χ2v) is 5.26. The molecule has 20 heavy (non-hydrogen) atoms. The molecule has 0 heterocycles. The Morgan fingerprint density at radius 1 is 1.30 bits per heavy atom. The minimum Gasteiger partial charge on any atom is -0.388 e. The van der Waals surface area contributed by atoms with Gasteiger partial charge in [0.2, 0.25) is 0 Å². The molecule has 2 rings (SSSR count). The van der Waals surface area contributed by atoms with E-state index in [9.17, 15) is 18.0 Å². The Hall–Kier alpha value is -1.72. The summed E-state index contributed by atoms with van der Waals surface area (Å²) < 4.78 is 38.7. The topological polar surface area (TPSA) is 41.1 Å². The summed E-state index contributed by atoms with van der Waals surface area (Å²) in [6.07, 6.45) is -2.72. The fraction of sp³-hybridized carbons (Fsp3) is 0.500. The van der Waals surface area contributed by atoms with Crippen molar-refractivity contribution in [3.05, 3.63) is 29.3 Å². The first kappa shape index (κ1) is 14.7. The van der Waals surface area contributed by atoms with Gasteiger partial charge in [0.25, 0.3) is 5.91 Å². The molecule has 3 nitrogen and oxygen atoms in total. The number of hydrogen-bond acceptors (Lipinski definition) is 2. The highest BCUT2D eigenvalue weighted by Crippen LogP contribution is 2.35. The van der Waals surface area contributed by atoms with E-state index in [1.54, 1.807) is 0 Å². The Balaban J connectivity index is 2.18. The fourth-order valence-electron chi connectivity index (χ4n) is 2.43. The van der Waals surface area contributed by atoms with Gasteiger partial charge in [0.15, 0.2) is 0 Å². The number of alkyl halides is 3. The van der Waals surface area contributed by atoms with Crippen LogP contribution in [-0.4, -0.2) is 19.0 Å². The highest BCUT2D eigenvalue weighted by atomic mass is 19.4. The molecule has 0 bridgehead atoms. The quantitative estimate of drug-likeness (QED) is 0.895. The van der Waals surface area contributed by atoms with Gasteiger partial charge in [-0.1, -0.05) is 6.92 Å². The maximum atomic E-state index is 12.9. The van der Waals surface area contributed by atoms with Gasteiger partial charge in [-0.2, -0.15) is 13.2 Å².